The Morgan fingerprint density at radius 3 is 2.58 bits per heavy atom. The van der Waals surface area contributed by atoms with Gasteiger partial charge in [0.05, 0.1) is 6.04 Å². The molecular weight excluding hydrogens is 240 g/mol. The number of benzene rings is 1. The smallest absolute Gasteiger partial charge is 0.320 e. The monoisotopic (exact) mass is 262 g/mol. The number of aliphatic hydroxyl groups excluding tert-OH is 1. The summed E-state index contributed by atoms with van der Waals surface area (Å²) in [6, 6.07) is 8.66. The summed E-state index contributed by atoms with van der Waals surface area (Å²) in [5.74, 6) is 0. The van der Waals surface area contributed by atoms with Gasteiger partial charge < -0.3 is 14.9 Å². The number of hydrogen-bond donors (Lipinski definition) is 1. The predicted molar refractivity (Wildman–Crippen MR) is 75.0 cm³/mol. The number of nitrogens with zero attached hydrogens (tertiary/aromatic N) is 2. The quantitative estimate of drug-likeness (QED) is 0.882. The van der Waals surface area contributed by atoms with Crippen molar-refractivity contribution in [2.24, 2.45) is 0 Å². The molecule has 0 aromatic heterocycles. The molecule has 2 rings (SSSR count). The van der Waals surface area contributed by atoms with Crippen LogP contribution in [0.15, 0.2) is 24.3 Å². The first-order valence-corrected chi connectivity index (χ1v) is 6.88. The van der Waals surface area contributed by atoms with E-state index in [1.165, 1.54) is 11.1 Å². The summed E-state index contributed by atoms with van der Waals surface area (Å²) in [7, 11) is 1.85. The first-order chi connectivity index (χ1) is 9.17. The molecule has 1 saturated heterocycles. The molecular formula is C15H22N2O2. The largest absolute Gasteiger partial charge is 0.396 e. The molecule has 1 N–H and O–H groups in total. The van der Waals surface area contributed by atoms with Gasteiger partial charge in [0, 0.05) is 26.7 Å². The summed E-state index contributed by atoms with van der Waals surface area (Å²) < 4.78 is 0. The lowest BCUT2D eigenvalue weighted by atomic mass is 10.0. The summed E-state index contributed by atoms with van der Waals surface area (Å²) in [5.41, 5.74) is 2.49. The second kappa shape index (κ2) is 6.06. The molecule has 1 unspecified atom stereocenters. The van der Waals surface area contributed by atoms with Crippen molar-refractivity contribution in [3.63, 3.8) is 0 Å². The highest BCUT2D eigenvalue weighted by Gasteiger charge is 2.34. The third-order valence-corrected chi connectivity index (χ3v) is 3.79. The third-order valence-electron chi connectivity index (χ3n) is 3.79. The first-order valence-electron chi connectivity index (χ1n) is 6.88. The van der Waals surface area contributed by atoms with Crippen molar-refractivity contribution in [3.05, 3.63) is 35.4 Å². The molecule has 0 saturated carbocycles. The van der Waals surface area contributed by atoms with Gasteiger partial charge in [-0.25, -0.2) is 4.79 Å². The van der Waals surface area contributed by atoms with E-state index in [-0.39, 0.29) is 18.7 Å². The molecule has 1 aliphatic heterocycles. The number of aryl methyl sites for hydroxylation is 1. The van der Waals surface area contributed by atoms with Gasteiger partial charge in [-0.1, -0.05) is 31.2 Å². The van der Waals surface area contributed by atoms with Crippen LogP contribution in [-0.4, -0.2) is 47.7 Å². The number of rotatable bonds is 5. The van der Waals surface area contributed by atoms with E-state index in [4.69, 9.17) is 5.11 Å². The van der Waals surface area contributed by atoms with Crippen LogP contribution in [-0.2, 0) is 6.42 Å². The Kier molecular flexibility index (Phi) is 4.43. The fourth-order valence-electron chi connectivity index (χ4n) is 2.52. The van der Waals surface area contributed by atoms with Gasteiger partial charge in [-0.2, -0.15) is 0 Å². The molecule has 1 aromatic rings. The number of urea groups is 1. The molecule has 2 amide bonds. The van der Waals surface area contributed by atoms with Gasteiger partial charge in [0.15, 0.2) is 0 Å². The van der Waals surface area contributed by atoms with Gasteiger partial charge >= 0.3 is 6.03 Å². The Balaban J connectivity index is 2.09. The second-order valence-corrected chi connectivity index (χ2v) is 5.03. The van der Waals surface area contributed by atoms with Crippen molar-refractivity contribution in [1.29, 1.82) is 0 Å². The molecule has 104 valence electrons. The lowest BCUT2D eigenvalue weighted by Gasteiger charge is -2.18. The molecule has 0 bridgehead atoms. The molecule has 1 atom stereocenters. The Morgan fingerprint density at radius 2 is 2.00 bits per heavy atom. The van der Waals surface area contributed by atoms with E-state index in [1.54, 1.807) is 4.90 Å². The molecule has 0 spiro atoms. The van der Waals surface area contributed by atoms with Crippen LogP contribution in [0.25, 0.3) is 0 Å². The maximum atomic E-state index is 12.1. The SMILES string of the molecule is CCc1ccc(C2CN(CCCO)C(=O)N2C)cc1. The number of carbonyl (C=O) groups excluding carboxylic acids is 1. The van der Waals surface area contributed by atoms with Gasteiger partial charge in [-0.05, 0) is 24.0 Å². The van der Waals surface area contributed by atoms with Crippen molar-refractivity contribution in [1.82, 2.24) is 9.80 Å². The van der Waals surface area contributed by atoms with E-state index in [2.05, 4.69) is 31.2 Å². The van der Waals surface area contributed by atoms with E-state index in [0.29, 0.717) is 19.5 Å². The van der Waals surface area contributed by atoms with Crippen LogP contribution in [0.2, 0.25) is 0 Å². The minimum absolute atomic E-state index is 0.0537. The number of aliphatic hydroxyl groups is 1. The van der Waals surface area contributed by atoms with Crippen LogP contribution in [0, 0.1) is 0 Å². The maximum Gasteiger partial charge on any atom is 0.320 e. The summed E-state index contributed by atoms with van der Waals surface area (Å²) in [4.78, 5) is 15.7. The Morgan fingerprint density at radius 1 is 1.32 bits per heavy atom. The number of hydrogen-bond acceptors (Lipinski definition) is 2. The minimum atomic E-state index is 0.0537. The van der Waals surface area contributed by atoms with Crippen LogP contribution < -0.4 is 0 Å². The standard InChI is InChI=1S/C15H22N2O2/c1-3-12-5-7-13(8-6-12)14-11-17(9-4-10-18)15(19)16(14)2/h5-8,14,18H,3-4,9-11H2,1-2H3. The molecule has 1 fully saturated rings. The molecule has 4 nitrogen and oxygen atoms in total. The van der Waals surface area contributed by atoms with Gasteiger partial charge in [0.2, 0.25) is 0 Å². The molecule has 1 aromatic carbocycles. The van der Waals surface area contributed by atoms with Gasteiger partial charge in [0.25, 0.3) is 0 Å². The lowest BCUT2D eigenvalue weighted by molar-refractivity contribution is 0.191. The van der Waals surface area contributed by atoms with Crippen LogP contribution in [0.5, 0.6) is 0 Å². The van der Waals surface area contributed by atoms with Gasteiger partial charge in [-0.3, -0.25) is 0 Å². The van der Waals surface area contributed by atoms with E-state index >= 15 is 0 Å². The van der Waals surface area contributed by atoms with Crippen LogP contribution in [0.3, 0.4) is 0 Å². The summed E-state index contributed by atoms with van der Waals surface area (Å²) in [5, 5.41) is 8.87. The molecule has 0 radical (unpaired) electrons. The fourth-order valence-corrected chi connectivity index (χ4v) is 2.52. The number of amides is 2. The zero-order valence-corrected chi connectivity index (χ0v) is 11.7. The highest BCUT2D eigenvalue weighted by molar-refractivity contribution is 5.77. The van der Waals surface area contributed by atoms with E-state index in [0.717, 1.165) is 6.42 Å². The highest BCUT2D eigenvalue weighted by Crippen LogP contribution is 2.28. The molecule has 19 heavy (non-hydrogen) atoms. The predicted octanol–water partition coefficient (Wildman–Crippen LogP) is 2.04. The maximum absolute atomic E-state index is 12.1. The van der Waals surface area contributed by atoms with Gasteiger partial charge in [0.1, 0.15) is 0 Å². The molecule has 1 heterocycles. The summed E-state index contributed by atoms with van der Waals surface area (Å²) in [6.07, 6.45) is 1.67. The Labute approximate surface area is 114 Å². The van der Waals surface area contributed by atoms with Crippen molar-refractivity contribution in [3.8, 4) is 0 Å². The summed E-state index contributed by atoms with van der Waals surface area (Å²) >= 11 is 0. The van der Waals surface area contributed by atoms with Crippen LogP contribution in [0.4, 0.5) is 4.79 Å². The normalized spacial score (nSPS) is 19.3. The highest BCUT2D eigenvalue weighted by atomic mass is 16.3. The van der Waals surface area contributed by atoms with Crippen molar-refractivity contribution in [2.75, 3.05) is 26.7 Å². The third kappa shape index (κ3) is 2.89. The van der Waals surface area contributed by atoms with Crippen LogP contribution in [0.1, 0.15) is 30.5 Å². The zero-order valence-electron chi connectivity index (χ0n) is 11.7. The second-order valence-electron chi connectivity index (χ2n) is 5.03. The molecule has 0 aliphatic carbocycles. The van der Waals surface area contributed by atoms with Crippen molar-refractivity contribution >= 4 is 6.03 Å². The van der Waals surface area contributed by atoms with Crippen LogP contribution >= 0.6 is 0 Å². The number of carbonyl (C=O) groups is 1. The fraction of sp³-hybridized carbons (Fsp3) is 0.533. The average Bonchev–Trinajstić information content (AvgIpc) is 2.73. The molecule has 1 aliphatic rings. The minimum Gasteiger partial charge on any atom is -0.396 e. The first kappa shape index (κ1) is 13.9. The van der Waals surface area contributed by atoms with Crippen molar-refractivity contribution < 1.29 is 9.90 Å². The molecule has 4 heteroatoms. The van der Waals surface area contributed by atoms with E-state index in [9.17, 15) is 4.79 Å². The van der Waals surface area contributed by atoms with E-state index < -0.39 is 0 Å². The Bertz CT molecular complexity index is 430. The number of likely N-dealkylation sites (N-methyl/N-ethyl adjacent to an activating group) is 1. The topological polar surface area (TPSA) is 43.8 Å². The Hall–Kier alpha value is -1.55. The average molecular weight is 262 g/mol. The zero-order chi connectivity index (χ0) is 13.8. The van der Waals surface area contributed by atoms with Gasteiger partial charge in [-0.15, -0.1) is 0 Å². The van der Waals surface area contributed by atoms with Crippen molar-refractivity contribution in [2.45, 2.75) is 25.8 Å². The summed E-state index contributed by atoms with van der Waals surface area (Å²) in [6.45, 7) is 3.60. The lowest BCUT2D eigenvalue weighted by Crippen LogP contribution is -2.30. The van der Waals surface area contributed by atoms with E-state index in [1.807, 2.05) is 11.9 Å².